The smallest absolute Gasteiger partial charge is 0.222 e. The van der Waals surface area contributed by atoms with E-state index in [0.717, 1.165) is 0 Å². The van der Waals surface area contributed by atoms with E-state index in [-0.39, 0.29) is 24.7 Å². The van der Waals surface area contributed by atoms with Gasteiger partial charge in [0.2, 0.25) is 5.91 Å². The van der Waals surface area contributed by atoms with Crippen LogP contribution in [0.5, 0.6) is 0 Å². The third kappa shape index (κ3) is 5.82. The monoisotopic (exact) mass is 231 g/mol. The van der Waals surface area contributed by atoms with Crippen molar-refractivity contribution in [1.29, 1.82) is 0 Å². The van der Waals surface area contributed by atoms with Gasteiger partial charge >= 0.3 is 0 Å². The Hall–Kier alpha value is -0.940. The summed E-state index contributed by atoms with van der Waals surface area (Å²) < 4.78 is 0. The predicted molar refractivity (Wildman–Crippen MR) is 59.8 cm³/mol. The third-order valence-electron chi connectivity index (χ3n) is 2.49. The van der Waals surface area contributed by atoms with Gasteiger partial charge in [0.25, 0.3) is 0 Å². The number of amides is 1. The molecule has 1 amide bonds. The molecule has 94 valence electrons. The highest BCUT2D eigenvalue weighted by molar-refractivity contribution is 5.79. The van der Waals surface area contributed by atoms with E-state index in [4.69, 9.17) is 5.11 Å². The van der Waals surface area contributed by atoms with E-state index >= 15 is 0 Å². The fraction of sp³-hybridized carbons (Fsp3) is 0.818. The van der Waals surface area contributed by atoms with Crippen molar-refractivity contribution in [2.75, 3.05) is 13.2 Å². The first kappa shape index (κ1) is 15.1. The van der Waals surface area contributed by atoms with E-state index in [2.05, 4.69) is 5.32 Å². The van der Waals surface area contributed by atoms with Crippen LogP contribution >= 0.6 is 0 Å². The van der Waals surface area contributed by atoms with Crippen LogP contribution in [0.1, 0.15) is 33.6 Å². The normalized spacial score (nSPS) is 13.3. The van der Waals surface area contributed by atoms with Crippen molar-refractivity contribution in [3.63, 3.8) is 0 Å². The van der Waals surface area contributed by atoms with Crippen LogP contribution in [0.25, 0.3) is 0 Å². The Kier molecular flexibility index (Phi) is 6.21. The van der Waals surface area contributed by atoms with Gasteiger partial charge in [0.05, 0.1) is 19.1 Å². The number of nitrogens with one attached hydrogen (secondary N) is 1. The van der Waals surface area contributed by atoms with Gasteiger partial charge in [-0.3, -0.25) is 9.59 Å². The second-order valence-corrected chi connectivity index (χ2v) is 4.67. The van der Waals surface area contributed by atoms with Crippen molar-refractivity contribution in [2.24, 2.45) is 5.41 Å². The standard InChI is InChI=1S/C11H21NO4/c1-8(14)4-5-12-10(16)6-9(15)11(2,3)7-13/h9,13,15H,4-7H2,1-3H3,(H,12,16). The van der Waals surface area contributed by atoms with E-state index < -0.39 is 11.5 Å². The molecule has 1 unspecified atom stereocenters. The number of hydrogen-bond donors (Lipinski definition) is 3. The summed E-state index contributed by atoms with van der Waals surface area (Å²) >= 11 is 0. The largest absolute Gasteiger partial charge is 0.396 e. The lowest BCUT2D eigenvalue weighted by molar-refractivity contribution is -0.125. The van der Waals surface area contributed by atoms with E-state index in [1.165, 1.54) is 6.92 Å². The van der Waals surface area contributed by atoms with Gasteiger partial charge in [-0.1, -0.05) is 13.8 Å². The van der Waals surface area contributed by atoms with E-state index in [9.17, 15) is 14.7 Å². The second-order valence-electron chi connectivity index (χ2n) is 4.67. The number of hydrogen-bond acceptors (Lipinski definition) is 4. The molecule has 0 saturated heterocycles. The molecule has 0 aliphatic rings. The molecule has 0 aromatic heterocycles. The summed E-state index contributed by atoms with van der Waals surface area (Å²) in [6.07, 6.45) is -0.661. The highest BCUT2D eigenvalue weighted by Crippen LogP contribution is 2.21. The zero-order valence-electron chi connectivity index (χ0n) is 10.1. The molecule has 0 aromatic rings. The van der Waals surface area contributed by atoms with Gasteiger partial charge in [0.15, 0.2) is 0 Å². The Labute approximate surface area is 95.9 Å². The Morgan fingerprint density at radius 3 is 2.38 bits per heavy atom. The zero-order chi connectivity index (χ0) is 12.8. The Morgan fingerprint density at radius 1 is 1.38 bits per heavy atom. The van der Waals surface area contributed by atoms with Crippen LogP contribution in [0.2, 0.25) is 0 Å². The van der Waals surface area contributed by atoms with Crippen molar-refractivity contribution in [3.8, 4) is 0 Å². The highest BCUT2D eigenvalue weighted by Gasteiger charge is 2.28. The van der Waals surface area contributed by atoms with Gasteiger partial charge in [0.1, 0.15) is 5.78 Å². The lowest BCUT2D eigenvalue weighted by atomic mass is 9.85. The Morgan fingerprint density at radius 2 is 1.94 bits per heavy atom. The molecule has 5 nitrogen and oxygen atoms in total. The lowest BCUT2D eigenvalue weighted by Crippen LogP contribution is -2.38. The van der Waals surface area contributed by atoms with Gasteiger partial charge in [-0.05, 0) is 6.92 Å². The summed E-state index contributed by atoms with van der Waals surface area (Å²) in [7, 11) is 0. The lowest BCUT2D eigenvalue weighted by Gasteiger charge is -2.27. The summed E-state index contributed by atoms with van der Waals surface area (Å²) in [6, 6.07) is 0. The molecule has 0 saturated carbocycles. The number of aliphatic hydroxyl groups is 2. The quantitative estimate of drug-likeness (QED) is 0.569. The summed E-state index contributed by atoms with van der Waals surface area (Å²) in [6.45, 7) is 4.92. The molecular weight excluding hydrogens is 210 g/mol. The maximum absolute atomic E-state index is 11.3. The number of carbonyl (C=O) groups excluding carboxylic acids is 2. The fourth-order valence-electron chi connectivity index (χ4n) is 1.01. The highest BCUT2D eigenvalue weighted by atomic mass is 16.3. The van der Waals surface area contributed by atoms with Gasteiger partial charge in [-0.15, -0.1) is 0 Å². The fourth-order valence-corrected chi connectivity index (χ4v) is 1.01. The Bertz CT molecular complexity index is 250. The topological polar surface area (TPSA) is 86.6 Å². The minimum absolute atomic E-state index is 0.0107. The molecule has 0 aromatic carbocycles. The first-order valence-corrected chi connectivity index (χ1v) is 5.34. The van der Waals surface area contributed by atoms with Crippen molar-refractivity contribution in [2.45, 2.75) is 39.7 Å². The second kappa shape index (κ2) is 6.60. The molecule has 0 aliphatic carbocycles. The summed E-state index contributed by atoms with van der Waals surface area (Å²) in [5.74, 6) is -0.299. The molecule has 0 bridgehead atoms. The predicted octanol–water partition coefficient (Wildman–Crippen LogP) is -0.149. The first-order valence-electron chi connectivity index (χ1n) is 5.34. The molecular formula is C11H21NO4. The molecule has 0 radical (unpaired) electrons. The van der Waals surface area contributed by atoms with Crippen LogP contribution in [0, 0.1) is 5.41 Å². The van der Waals surface area contributed by atoms with Crippen LogP contribution in [-0.2, 0) is 9.59 Å². The molecule has 0 heterocycles. The van der Waals surface area contributed by atoms with Crippen molar-refractivity contribution in [1.82, 2.24) is 5.32 Å². The van der Waals surface area contributed by atoms with Crippen LogP contribution in [0.15, 0.2) is 0 Å². The van der Waals surface area contributed by atoms with Crippen LogP contribution < -0.4 is 5.32 Å². The molecule has 0 spiro atoms. The minimum Gasteiger partial charge on any atom is -0.396 e. The van der Waals surface area contributed by atoms with Gasteiger partial charge < -0.3 is 15.5 Å². The van der Waals surface area contributed by atoms with E-state index in [0.29, 0.717) is 13.0 Å². The van der Waals surface area contributed by atoms with Crippen molar-refractivity contribution in [3.05, 3.63) is 0 Å². The molecule has 0 rings (SSSR count). The van der Waals surface area contributed by atoms with Crippen LogP contribution in [0.3, 0.4) is 0 Å². The van der Waals surface area contributed by atoms with Gasteiger partial charge in [-0.2, -0.15) is 0 Å². The van der Waals surface area contributed by atoms with Crippen LogP contribution in [-0.4, -0.2) is 41.2 Å². The molecule has 5 heteroatoms. The number of Topliss-reactive ketones (excluding diaryl/α,β-unsaturated/α-hetero) is 1. The molecule has 16 heavy (non-hydrogen) atoms. The molecule has 1 atom stereocenters. The van der Waals surface area contributed by atoms with Crippen molar-refractivity contribution < 1.29 is 19.8 Å². The average molecular weight is 231 g/mol. The number of carbonyl (C=O) groups is 2. The first-order chi connectivity index (χ1) is 7.29. The summed E-state index contributed by atoms with van der Waals surface area (Å²) in [5, 5.41) is 21.2. The summed E-state index contributed by atoms with van der Waals surface area (Å²) in [5.41, 5.74) is -0.697. The number of ketones is 1. The zero-order valence-corrected chi connectivity index (χ0v) is 10.1. The maximum atomic E-state index is 11.3. The van der Waals surface area contributed by atoms with Crippen molar-refractivity contribution >= 4 is 11.7 Å². The molecule has 0 aliphatic heterocycles. The minimum atomic E-state index is -0.894. The number of aliphatic hydroxyl groups excluding tert-OH is 2. The molecule has 0 fully saturated rings. The molecule has 3 N–H and O–H groups in total. The van der Waals surface area contributed by atoms with Gasteiger partial charge in [-0.25, -0.2) is 0 Å². The number of rotatable bonds is 7. The van der Waals surface area contributed by atoms with Crippen LogP contribution in [0.4, 0.5) is 0 Å². The van der Waals surface area contributed by atoms with E-state index in [1.54, 1.807) is 13.8 Å². The SMILES string of the molecule is CC(=O)CCNC(=O)CC(O)C(C)(C)CO. The van der Waals surface area contributed by atoms with E-state index in [1.807, 2.05) is 0 Å². The maximum Gasteiger partial charge on any atom is 0.222 e. The Balaban J connectivity index is 3.92. The third-order valence-corrected chi connectivity index (χ3v) is 2.49. The summed E-state index contributed by atoms with van der Waals surface area (Å²) in [4.78, 5) is 22.0. The average Bonchev–Trinajstić information content (AvgIpc) is 2.16. The van der Waals surface area contributed by atoms with Gasteiger partial charge in [0, 0.05) is 18.4 Å².